The van der Waals surface area contributed by atoms with Crippen molar-refractivity contribution in [3.05, 3.63) is 16.1 Å². The number of methoxy groups -OCH3 is 1. The van der Waals surface area contributed by atoms with Gasteiger partial charge >= 0.3 is 0 Å². The van der Waals surface area contributed by atoms with Crippen molar-refractivity contribution in [3.63, 3.8) is 0 Å². The summed E-state index contributed by atoms with van der Waals surface area (Å²) in [6.07, 6.45) is 2.41. The molecule has 0 radical (unpaired) electrons. The van der Waals surface area contributed by atoms with Crippen LogP contribution in [0.3, 0.4) is 0 Å². The number of thiazole rings is 1. The minimum atomic E-state index is 0.243. The smallest absolute Gasteiger partial charge is 0.101 e. The molecule has 1 saturated carbocycles. The zero-order chi connectivity index (χ0) is 9.31. The molecule has 1 aromatic heterocycles. The molecule has 4 heteroatoms. The first-order valence-corrected chi connectivity index (χ1v) is 5.32. The first-order valence-electron chi connectivity index (χ1n) is 4.45. The third-order valence-electron chi connectivity index (χ3n) is 2.49. The highest BCUT2D eigenvalue weighted by atomic mass is 32.1. The molecule has 1 heterocycles. The summed E-state index contributed by atoms with van der Waals surface area (Å²) in [4.78, 5) is 4.50. The number of hydrogen-bond acceptors (Lipinski definition) is 4. The van der Waals surface area contributed by atoms with Crippen LogP contribution >= 0.6 is 11.3 Å². The van der Waals surface area contributed by atoms with Crippen molar-refractivity contribution in [1.82, 2.24) is 4.98 Å². The summed E-state index contributed by atoms with van der Waals surface area (Å²) >= 11 is 1.71. The van der Waals surface area contributed by atoms with Gasteiger partial charge in [-0.25, -0.2) is 4.98 Å². The predicted octanol–water partition coefficient (Wildman–Crippen LogP) is 1.28. The molecule has 1 aliphatic rings. The molecule has 1 aromatic rings. The number of nitrogens with two attached hydrogens (primary N) is 1. The van der Waals surface area contributed by atoms with Gasteiger partial charge < -0.3 is 10.5 Å². The largest absolute Gasteiger partial charge is 0.384 e. The molecule has 0 atom stereocenters. The van der Waals surface area contributed by atoms with Crippen LogP contribution in [0.5, 0.6) is 0 Å². The average Bonchev–Trinajstić information content (AvgIpc) is 2.78. The zero-order valence-electron chi connectivity index (χ0n) is 7.75. The van der Waals surface area contributed by atoms with E-state index < -0.39 is 0 Å². The Balaban J connectivity index is 2.15. The van der Waals surface area contributed by atoms with Crippen LogP contribution in [-0.2, 0) is 16.7 Å². The van der Waals surface area contributed by atoms with Gasteiger partial charge in [-0.2, -0.15) is 0 Å². The van der Waals surface area contributed by atoms with E-state index in [-0.39, 0.29) is 5.41 Å². The Labute approximate surface area is 81.9 Å². The SMILES string of the molecule is COCC1(c2nc(CN)cs2)CC1. The molecule has 2 N–H and O–H groups in total. The molecular formula is C9H14N2OS. The highest BCUT2D eigenvalue weighted by Crippen LogP contribution is 2.49. The summed E-state index contributed by atoms with van der Waals surface area (Å²) in [6, 6.07) is 0. The fourth-order valence-electron chi connectivity index (χ4n) is 1.49. The van der Waals surface area contributed by atoms with Gasteiger partial charge in [-0.3, -0.25) is 0 Å². The van der Waals surface area contributed by atoms with E-state index in [4.69, 9.17) is 10.5 Å². The maximum atomic E-state index is 5.51. The van der Waals surface area contributed by atoms with E-state index in [0.717, 1.165) is 12.3 Å². The van der Waals surface area contributed by atoms with Gasteiger partial charge in [-0.15, -0.1) is 11.3 Å². The first-order chi connectivity index (χ1) is 6.30. The van der Waals surface area contributed by atoms with Crippen LogP contribution in [0.2, 0.25) is 0 Å². The van der Waals surface area contributed by atoms with Gasteiger partial charge in [0.2, 0.25) is 0 Å². The summed E-state index contributed by atoms with van der Waals surface area (Å²) in [6.45, 7) is 1.34. The van der Waals surface area contributed by atoms with Gasteiger partial charge in [0.05, 0.1) is 12.3 Å². The molecule has 1 fully saturated rings. The fourth-order valence-corrected chi connectivity index (χ4v) is 2.57. The molecule has 0 bridgehead atoms. The van der Waals surface area contributed by atoms with E-state index in [2.05, 4.69) is 4.98 Å². The second-order valence-electron chi connectivity index (χ2n) is 3.56. The second-order valence-corrected chi connectivity index (χ2v) is 4.42. The minimum absolute atomic E-state index is 0.243. The molecule has 0 aliphatic heterocycles. The molecular weight excluding hydrogens is 184 g/mol. The molecule has 2 rings (SSSR count). The number of rotatable bonds is 4. The molecule has 0 unspecified atom stereocenters. The number of ether oxygens (including phenoxy) is 1. The average molecular weight is 198 g/mol. The first kappa shape index (κ1) is 9.12. The topological polar surface area (TPSA) is 48.1 Å². The predicted molar refractivity (Wildman–Crippen MR) is 52.8 cm³/mol. The lowest BCUT2D eigenvalue weighted by Crippen LogP contribution is -2.13. The van der Waals surface area contributed by atoms with Gasteiger partial charge in [0.15, 0.2) is 0 Å². The van der Waals surface area contributed by atoms with E-state index in [0.29, 0.717) is 6.54 Å². The monoisotopic (exact) mass is 198 g/mol. The van der Waals surface area contributed by atoms with Crippen molar-refractivity contribution in [2.45, 2.75) is 24.8 Å². The quantitative estimate of drug-likeness (QED) is 0.792. The number of hydrogen-bond donors (Lipinski definition) is 1. The normalized spacial score (nSPS) is 18.9. The molecule has 1 aliphatic carbocycles. The molecule has 3 nitrogen and oxygen atoms in total. The maximum absolute atomic E-state index is 5.51. The molecule has 0 saturated heterocycles. The van der Waals surface area contributed by atoms with Crippen molar-refractivity contribution in [2.75, 3.05) is 13.7 Å². The van der Waals surface area contributed by atoms with E-state index in [9.17, 15) is 0 Å². The van der Waals surface area contributed by atoms with Gasteiger partial charge in [-0.1, -0.05) is 0 Å². The van der Waals surface area contributed by atoms with Gasteiger partial charge in [0, 0.05) is 24.4 Å². The van der Waals surface area contributed by atoms with Crippen molar-refractivity contribution < 1.29 is 4.74 Å². The summed E-state index contributed by atoms with van der Waals surface area (Å²) in [7, 11) is 1.75. The Hall–Kier alpha value is -0.450. The van der Waals surface area contributed by atoms with Crippen molar-refractivity contribution in [2.24, 2.45) is 5.73 Å². The lowest BCUT2D eigenvalue weighted by Gasteiger charge is -2.09. The van der Waals surface area contributed by atoms with Gasteiger partial charge in [0.1, 0.15) is 5.01 Å². The van der Waals surface area contributed by atoms with Crippen LogP contribution < -0.4 is 5.73 Å². The van der Waals surface area contributed by atoms with Crippen LogP contribution in [0.15, 0.2) is 5.38 Å². The molecule has 0 aromatic carbocycles. The summed E-state index contributed by atoms with van der Waals surface area (Å²) < 4.78 is 5.20. The lowest BCUT2D eigenvalue weighted by molar-refractivity contribution is 0.171. The standard InChI is InChI=1S/C9H14N2OS/c1-12-6-9(2-3-9)8-11-7(4-10)5-13-8/h5H,2-4,6,10H2,1H3. The van der Waals surface area contributed by atoms with Crippen LogP contribution in [-0.4, -0.2) is 18.7 Å². The molecule has 0 amide bonds. The van der Waals surface area contributed by atoms with Crippen LogP contribution in [0.1, 0.15) is 23.5 Å². The highest BCUT2D eigenvalue weighted by Gasteiger charge is 2.46. The molecule has 13 heavy (non-hydrogen) atoms. The minimum Gasteiger partial charge on any atom is -0.384 e. The second kappa shape index (κ2) is 3.36. The van der Waals surface area contributed by atoms with Crippen molar-refractivity contribution in [3.8, 4) is 0 Å². The van der Waals surface area contributed by atoms with E-state index in [1.165, 1.54) is 17.8 Å². The van der Waals surface area contributed by atoms with Gasteiger partial charge in [0.25, 0.3) is 0 Å². The Morgan fingerprint density at radius 2 is 2.46 bits per heavy atom. The zero-order valence-corrected chi connectivity index (χ0v) is 8.56. The molecule has 0 spiro atoms. The van der Waals surface area contributed by atoms with Crippen LogP contribution in [0.25, 0.3) is 0 Å². The Kier molecular flexibility index (Phi) is 2.36. The van der Waals surface area contributed by atoms with E-state index in [1.54, 1.807) is 18.4 Å². The third kappa shape index (κ3) is 1.61. The van der Waals surface area contributed by atoms with E-state index >= 15 is 0 Å². The highest BCUT2D eigenvalue weighted by molar-refractivity contribution is 7.09. The Bertz CT molecular complexity index is 294. The van der Waals surface area contributed by atoms with Crippen molar-refractivity contribution in [1.29, 1.82) is 0 Å². The van der Waals surface area contributed by atoms with Crippen LogP contribution in [0, 0.1) is 0 Å². The number of nitrogens with zero attached hydrogens (tertiary/aromatic N) is 1. The third-order valence-corrected chi connectivity index (χ3v) is 3.63. The van der Waals surface area contributed by atoms with Crippen molar-refractivity contribution >= 4 is 11.3 Å². The fraction of sp³-hybridized carbons (Fsp3) is 0.667. The Morgan fingerprint density at radius 3 is 2.92 bits per heavy atom. The summed E-state index contributed by atoms with van der Waals surface area (Å²) in [5.41, 5.74) is 6.76. The van der Waals surface area contributed by atoms with Crippen LogP contribution in [0.4, 0.5) is 0 Å². The van der Waals surface area contributed by atoms with Gasteiger partial charge in [-0.05, 0) is 12.8 Å². The maximum Gasteiger partial charge on any atom is 0.101 e. The number of aromatic nitrogens is 1. The molecule has 72 valence electrons. The Morgan fingerprint density at radius 1 is 1.69 bits per heavy atom. The summed E-state index contributed by atoms with van der Waals surface area (Å²) in [5.74, 6) is 0. The van der Waals surface area contributed by atoms with E-state index in [1.807, 2.05) is 5.38 Å². The summed E-state index contributed by atoms with van der Waals surface area (Å²) in [5, 5.41) is 3.25. The lowest BCUT2D eigenvalue weighted by atomic mass is 10.1.